The van der Waals surface area contributed by atoms with Crippen molar-refractivity contribution < 1.29 is 34.1 Å². The summed E-state index contributed by atoms with van der Waals surface area (Å²) in [7, 11) is -16.0. The van der Waals surface area contributed by atoms with Crippen molar-refractivity contribution in [3.8, 4) is 0 Å². The molecule has 0 radical (unpaired) electrons. The molecule has 13 heteroatoms. The molecule has 0 saturated carbocycles. The summed E-state index contributed by atoms with van der Waals surface area (Å²) in [5, 5.41) is -1.95. The van der Waals surface area contributed by atoms with E-state index in [0.29, 0.717) is 44.4 Å². The van der Waals surface area contributed by atoms with Crippen LogP contribution in [-0.2, 0) is 38.4 Å². The lowest BCUT2D eigenvalue weighted by atomic mass is 9.75. The standard InChI is InChI=1S/C70H106O8S3Si2/c1-49(2)82(50(3)4,51(5)6)77-67-37-41-69(19,20)65(59(67)17)35-33-55(13)45-63(80(73,74)61-29-25-23-26-30-61)47-57(15)39-43-79(71,72)44-40-58(16)48-64(81(75,76)62-31-27-24-28-32-62)46-56(14)34-36-66-60(18)68(38-42-70(66,21)22)78-83(52(7)8,53(9)10)54(11)12/h23-40,45-46,49-54,63-64H,41-44,47-48H2,1-22H3/b35-33+,36-34+,55-45+,56-46+,57-39+,58-40+. The predicted molar refractivity (Wildman–Crippen MR) is 359 cm³/mol. The number of hydrogen-bond donors (Lipinski definition) is 0. The molecule has 0 saturated heterocycles. The molecule has 2 unspecified atom stereocenters. The molecular weight excluding hydrogens is 1120 g/mol. The number of rotatable bonds is 28. The first-order valence-electron chi connectivity index (χ1n) is 30.3. The minimum absolute atomic E-state index is 0.0862. The Morgan fingerprint density at radius 1 is 0.494 bits per heavy atom. The Balaban J connectivity index is 1.63. The summed E-state index contributed by atoms with van der Waals surface area (Å²) in [4.78, 5) is 0.388. The SMILES string of the molecule is CC1=C(/C=C/C(C)=C/C(C/C(C)=C/CS(=O)(=O)C/C=C(\C)CC(/C=C(C)/C=C/C2=C(C)C(O[Si](C(C)C)(C(C)C)C(C)C)=CCC2(C)C)S(=O)(=O)c2ccccc2)S(=O)(=O)c2ccccc2)C(C)(C)CC=C1O[Si](C(C)C)(C(C)C)C(C)C. The second-order valence-corrected chi connectivity index (χ2v) is 44.3. The first-order chi connectivity index (χ1) is 38.3. The van der Waals surface area contributed by atoms with E-state index >= 15 is 0 Å². The Hall–Kier alpha value is -4.28. The van der Waals surface area contributed by atoms with Crippen LogP contribution in [-0.4, -0.2) is 63.9 Å². The van der Waals surface area contributed by atoms with Crippen molar-refractivity contribution in [2.24, 2.45) is 10.8 Å². The van der Waals surface area contributed by atoms with Gasteiger partial charge < -0.3 is 8.85 Å². The van der Waals surface area contributed by atoms with Crippen LogP contribution in [0.4, 0.5) is 0 Å². The van der Waals surface area contributed by atoms with Crippen molar-refractivity contribution in [2.45, 2.75) is 232 Å². The second kappa shape index (κ2) is 28.9. The van der Waals surface area contributed by atoms with E-state index in [1.54, 1.807) is 98.8 Å². The Bertz CT molecular complexity index is 2990. The van der Waals surface area contributed by atoms with E-state index in [9.17, 15) is 25.3 Å². The Labute approximate surface area is 508 Å². The van der Waals surface area contributed by atoms with Crippen molar-refractivity contribution in [1.29, 1.82) is 0 Å². The van der Waals surface area contributed by atoms with Crippen LogP contribution in [0.1, 0.15) is 178 Å². The van der Waals surface area contributed by atoms with Crippen LogP contribution < -0.4 is 0 Å². The van der Waals surface area contributed by atoms with Crippen LogP contribution >= 0.6 is 0 Å². The zero-order valence-electron chi connectivity index (χ0n) is 54.9. The maximum atomic E-state index is 14.4. The van der Waals surface area contributed by atoms with E-state index < -0.39 is 56.6 Å². The molecule has 8 nitrogen and oxygen atoms in total. The Kier molecular flexibility index (Phi) is 24.8. The maximum absolute atomic E-state index is 14.4. The van der Waals surface area contributed by atoms with E-state index in [0.717, 1.165) is 57.8 Å². The lowest BCUT2D eigenvalue weighted by Crippen LogP contribution is -2.47. The van der Waals surface area contributed by atoms with Crippen molar-refractivity contribution >= 4 is 46.1 Å². The van der Waals surface area contributed by atoms with Crippen LogP contribution in [0.5, 0.6) is 0 Å². The van der Waals surface area contributed by atoms with Crippen LogP contribution in [0.15, 0.2) is 187 Å². The van der Waals surface area contributed by atoms with Crippen molar-refractivity contribution in [1.82, 2.24) is 0 Å². The average Bonchev–Trinajstić information content (AvgIpc) is 3.53. The molecule has 460 valence electrons. The highest BCUT2D eigenvalue weighted by molar-refractivity contribution is 7.92. The first-order valence-corrected chi connectivity index (χ1v) is 39.5. The van der Waals surface area contributed by atoms with Gasteiger partial charge in [0.25, 0.3) is 16.6 Å². The van der Waals surface area contributed by atoms with Crippen molar-refractivity contribution in [3.05, 3.63) is 178 Å². The van der Waals surface area contributed by atoms with Gasteiger partial charge in [-0.25, -0.2) is 25.3 Å². The van der Waals surface area contributed by atoms with E-state index in [1.165, 1.54) is 0 Å². The van der Waals surface area contributed by atoms with Gasteiger partial charge in [0, 0.05) is 0 Å². The highest BCUT2D eigenvalue weighted by atomic mass is 32.2. The smallest absolute Gasteiger partial charge is 0.258 e. The fourth-order valence-corrected chi connectivity index (χ4v) is 28.5. The van der Waals surface area contributed by atoms with Gasteiger partial charge in [-0.05, 0) is 170 Å². The van der Waals surface area contributed by atoms with Gasteiger partial charge in [-0.1, -0.05) is 218 Å². The summed E-state index contributed by atoms with van der Waals surface area (Å²) in [6.45, 7) is 48.1. The van der Waals surface area contributed by atoms with Crippen LogP contribution in [0, 0.1) is 10.8 Å². The summed E-state index contributed by atoms with van der Waals surface area (Å²) in [6.07, 6.45) is 21.3. The van der Waals surface area contributed by atoms with Gasteiger partial charge in [0.1, 0.15) is 11.5 Å². The molecule has 0 bridgehead atoms. The molecule has 0 amide bonds. The summed E-state index contributed by atoms with van der Waals surface area (Å²) < 4.78 is 99.9. The minimum Gasteiger partial charge on any atom is -0.543 e. The molecule has 0 N–H and O–H groups in total. The van der Waals surface area contributed by atoms with Crippen molar-refractivity contribution in [2.75, 3.05) is 11.5 Å². The molecule has 2 aliphatic carbocycles. The fraction of sp³-hybridized carbons (Fsp3) is 0.543. The quantitative estimate of drug-likeness (QED) is 0.0469. The second-order valence-electron chi connectivity index (χ2n) is 27.1. The average molecular weight is 1230 g/mol. The molecule has 0 fully saturated rings. The molecule has 4 rings (SSSR count). The summed E-state index contributed by atoms with van der Waals surface area (Å²) in [5.74, 6) is 1.30. The number of hydrogen-bond acceptors (Lipinski definition) is 8. The molecular formula is C70H106O8S3Si2. The topological polar surface area (TPSA) is 121 Å². The zero-order valence-corrected chi connectivity index (χ0v) is 59.3. The Morgan fingerprint density at radius 2 is 0.783 bits per heavy atom. The van der Waals surface area contributed by atoms with Crippen LogP contribution in [0.2, 0.25) is 33.2 Å². The molecule has 0 heterocycles. The molecule has 2 atom stereocenters. The third-order valence-corrected chi connectivity index (χ3v) is 35.3. The van der Waals surface area contributed by atoms with Crippen molar-refractivity contribution in [3.63, 3.8) is 0 Å². The van der Waals surface area contributed by atoms with Gasteiger partial charge in [0.05, 0.1) is 31.8 Å². The van der Waals surface area contributed by atoms with Gasteiger partial charge in [0.15, 0.2) is 29.5 Å². The number of allylic oxidation sites excluding steroid dienone is 14. The molecule has 2 aromatic rings. The summed E-state index contributed by atoms with van der Waals surface area (Å²) in [6, 6.07) is 16.8. The zero-order chi connectivity index (χ0) is 62.8. The molecule has 0 aliphatic heterocycles. The minimum atomic E-state index is -3.90. The fourth-order valence-electron chi connectivity index (χ4n) is 13.1. The van der Waals surface area contributed by atoms with Gasteiger partial charge in [0.2, 0.25) is 0 Å². The van der Waals surface area contributed by atoms with Gasteiger partial charge in [-0.15, -0.1) is 0 Å². The molecule has 2 aromatic carbocycles. The highest BCUT2D eigenvalue weighted by Gasteiger charge is 2.49. The monoisotopic (exact) mass is 1230 g/mol. The van der Waals surface area contributed by atoms with Crippen LogP contribution in [0.25, 0.3) is 0 Å². The lowest BCUT2D eigenvalue weighted by Gasteiger charge is -2.44. The van der Waals surface area contributed by atoms with E-state index in [2.05, 4.69) is 149 Å². The number of benzene rings is 2. The lowest BCUT2D eigenvalue weighted by molar-refractivity contribution is 0.355. The van der Waals surface area contributed by atoms with Gasteiger partial charge in [-0.2, -0.15) is 0 Å². The highest BCUT2D eigenvalue weighted by Crippen LogP contribution is 2.50. The third-order valence-electron chi connectivity index (χ3n) is 17.9. The van der Waals surface area contributed by atoms with Gasteiger partial charge >= 0.3 is 0 Å². The van der Waals surface area contributed by atoms with E-state index in [4.69, 9.17) is 8.85 Å². The first kappa shape index (κ1) is 71.2. The number of sulfone groups is 3. The third kappa shape index (κ3) is 17.5. The summed E-state index contributed by atoms with van der Waals surface area (Å²) in [5.41, 5.74) is 9.45. The van der Waals surface area contributed by atoms with E-state index in [-0.39, 0.29) is 45.0 Å². The van der Waals surface area contributed by atoms with E-state index in [1.807, 2.05) is 26.0 Å². The Morgan fingerprint density at radius 3 is 1.06 bits per heavy atom. The largest absolute Gasteiger partial charge is 0.543 e. The predicted octanol–water partition coefficient (Wildman–Crippen LogP) is 19.4. The van der Waals surface area contributed by atoms with Gasteiger partial charge in [-0.3, -0.25) is 0 Å². The molecule has 0 aromatic heterocycles. The summed E-state index contributed by atoms with van der Waals surface area (Å²) >= 11 is 0. The molecule has 2 aliphatic rings. The maximum Gasteiger partial charge on any atom is 0.258 e. The van der Waals surface area contributed by atoms with Crippen LogP contribution in [0.3, 0.4) is 0 Å². The molecule has 83 heavy (non-hydrogen) atoms. The normalized spacial score (nSPS) is 18.4. The molecule has 0 spiro atoms.